The van der Waals surface area contributed by atoms with Crippen molar-refractivity contribution in [1.82, 2.24) is 4.90 Å². The first kappa shape index (κ1) is 19.0. The standard InChI is InChI=1S/C21H24FN3O2/c1-15(26)23-18-9-11-19(12-10-18)24-21(27)20-4-2-3-13-25(20)14-16-5-7-17(22)8-6-16/h5-12,20H,2-4,13-14H2,1H3,(H,23,26)(H,24,27)/t20-/m1/s1. The van der Waals surface area contributed by atoms with Crippen LogP contribution in [0.25, 0.3) is 0 Å². The Labute approximate surface area is 158 Å². The van der Waals surface area contributed by atoms with E-state index in [1.165, 1.54) is 19.1 Å². The van der Waals surface area contributed by atoms with Crippen molar-refractivity contribution in [1.29, 1.82) is 0 Å². The molecule has 0 aromatic heterocycles. The summed E-state index contributed by atoms with van der Waals surface area (Å²) in [6.45, 7) is 2.92. The third-order valence-corrected chi connectivity index (χ3v) is 4.69. The molecule has 0 radical (unpaired) electrons. The van der Waals surface area contributed by atoms with Crippen LogP contribution in [0.3, 0.4) is 0 Å². The van der Waals surface area contributed by atoms with Gasteiger partial charge < -0.3 is 10.6 Å². The minimum absolute atomic E-state index is 0.0379. The van der Waals surface area contributed by atoms with Gasteiger partial charge in [0.15, 0.2) is 0 Å². The lowest BCUT2D eigenvalue weighted by molar-refractivity contribution is -0.122. The average molecular weight is 369 g/mol. The summed E-state index contributed by atoms with van der Waals surface area (Å²) in [6.07, 6.45) is 2.87. The third kappa shape index (κ3) is 5.37. The Kier molecular flexibility index (Phi) is 6.19. The van der Waals surface area contributed by atoms with Gasteiger partial charge in [-0.25, -0.2) is 4.39 Å². The number of carbonyl (C=O) groups is 2. The normalized spacial score (nSPS) is 17.3. The number of nitrogens with zero attached hydrogens (tertiary/aromatic N) is 1. The van der Waals surface area contributed by atoms with Gasteiger partial charge in [-0.2, -0.15) is 0 Å². The van der Waals surface area contributed by atoms with Crippen molar-refractivity contribution in [3.63, 3.8) is 0 Å². The highest BCUT2D eigenvalue weighted by atomic mass is 19.1. The van der Waals surface area contributed by atoms with Crippen LogP contribution in [0.2, 0.25) is 0 Å². The highest BCUT2D eigenvalue weighted by Gasteiger charge is 2.28. The number of hydrogen-bond donors (Lipinski definition) is 2. The number of halogens is 1. The van der Waals surface area contributed by atoms with Crippen molar-refractivity contribution in [3.8, 4) is 0 Å². The Hall–Kier alpha value is -2.73. The van der Waals surface area contributed by atoms with Crippen LogP contribution in [0.5, 0.6) is 0 Å². The summed E-state index contributed by atoms with van der Waals surface area (Å²) in [4.78, 5) is 26.0. The monoisotopic (exact) mass is 369 g/mol. The minimum Gasteiger partial charge on any atom is -0.326 e. The maximum absolute atomic E-state index is 13.1. The number of nitrogens with one attached hydrogen (secondary N) is 2. The zero-order valence-corrected chi connectivity index (χ0v) is 15.4. The highest BCUT2D eigenvalue weighted by Crippen LogP contribution is 2.22. The molecule has 1 heterocycles. The van der Waals surface area contributed by atoms with E-state index in [-0.39, 0.29) is 23.7 Å². The van der Waals surface area contributed by atoms with Gasteiger partial charge in [-0.05, 0) is 61.3 Å². The molecule has 1 fully saturated rings. The topological polar surface area (TPSA) is 61.4 Å². The average Bonchev–Trinajstić information content (AvgIpc) is 2.65. The summed E-state index contributed by atoms with van der Waals surface area (Å²) < 4.78 is 13.1. The van der Waals surface area contributed by atoms with Gasteiger partial charge in [0.25, 0.3) is 0 Å². The van der Waals surface area contributed by atoms with E-state index in [0.29, 0.717) is 17.9 Å². The predicted molar refractivity (Wildman–Crippen MR) is 104 cm³/mol. The Morgan fingerprint density at radius 2 is 1.63 bits per heavy atom. The molecule has 27 heavy (non-hydrogen) atoms. The molecule has 5 nitrogen and oxygen atoms in total. The Balaban J connectivity index is 1.64. The molecule has 142 valence electrons. The van der Waals surface area contributed by atoms with E-state index < -0.39 is 0 Å². The molecule has 0 unspecified atom stereocenters. The first-order valence-electron chi connectivity index (χ1n) is 9.18. The van der Waals surface area contributed by atoms with Gasteiger partial charge >= 0.3 is 0 Å². The minimum atomic E-state index is -0.255. The number of hydrogen-bond acceptors (Lipinski definition) is 3. The summed E-state index contributed by atoms with van der Waals surface area (Å²) in [5.74, 6) is -0.427. The molecule has 1 aliphatic heterocycles. The van der Waals surface area contributed by atoms with Gasteiger partial charge in [0.2, 0.25) is 11.8 Å². The summed E-state index contributed by atoms with van der Waals surface area (Å²) >= 11 is 0. The molecule has 0 saturated carbocycles. The molecule has 3 rings (SSSR count). The second-order valence-electron chi connectivity index (χ2n) is 6.86. The van der Waals surface area contributed by atoms with Crippen LogP contribution in [0, 0.1) is 5.82 Å². The van der Waals surface area contributed by atoms with Gasteiger partial charge in [-0.15, -0.1) is 0 Å². The zero-order chi connectivity index (χ0) is 19.2. The fourth-order valence-corrected chi connectivity index (χ4v) is 3.37. The number of likely N-dealkylation sites (tertiary alicyclic amines) is 1. The molecule has 2 aromatic rings. The van der Waals surface area contributed by atoms with E-state index in [9.17, 15) is 14.0 Å². The maximum Gasteiger partial charge on any atom is 0.241 e. The van der Waals surface area contributed by atoms with Gasteiger partial charge in [0.05, 0.1) is 6.04 Å². The van der Waals surface area contributed by atoms with E-state index in [2.05, 4.69) is 15.5 Å². The van der Waals surface area contributed by atoms with Gasteiger partial charge in [-0.3, -0.25) is 14.5 Å². The Bertz CT molecular complexity index is 790. The van der Waals surface area contributed by atoms with Crippen LogP contribution >= 0.6 is 0 Å². The molecule has 2 amide bonds. The second-order valence-corrected chi connectivity index (χ2v) is 6.86. The van der Waals surface area contributed by atoms with Crippen molar-refractivity contribution < 1.29 is 14.0 Å². The number of benzene rings is 2. The van der Waals surface area contributed by atoms with Crippen molar-refractivity contribution in [3.05, 3.63) is 59.9 Å². The van der Waals surface area contributed by atoms with E-state index in [0.717, 1.165) is 31.4 Å². The van der Waals surface area contributed by atoms with E-state index >= 15 is 0 Å². The summed E-state index contributed by atoms with van der Waals surface area (Å²) in [6, 6.07) is 13.3. The number of rotatable bonds is 5. The van der Waals surface area contributed by atoms with Crippen LogP contribution in [-0.2, 0) is 16.1 Å². The van der Waals surface area contributed by atoms with Gasteiger partial charge in [-0.1, -0.05) is 18.6 Å². The van der Waals surface area contributed by atoms with E-state index in [4.69, 9.17) is 0 Å². The van der Waals surface area contributed by atoms with Crippen molar-refractivity contribution >= 4 is 23.2 Å². The second kappa shape index (κ2) is 8.77. The zero-order valence-electron chi connectivity index (χ0n) is 15.4. The van der Waals surface area contributed by atoms with Crippen molar-refractivity contribution in [2.45, 2.75) is 38.8 Å². The molecule has 1 atom stereocenters. The smallest absolute Gasteiger partial charge is 0.241 e. The number of carbonyl (C=O) groups excluding carboxylic acids is 2. The molecule has 0 aliphatic carbocycles. The molecule has 2 aromatic carbocycles. The third-order valence-electron chi connectivity index (χ3n) is 4.69. The number of amides is 2. The SMILES string of the molecule is CC(=O)Nc1ccc(NC(=O)[C@H]2CCCCN2Cc2ccc(F)cc2)cc1. The fraction of sp³-hybridized carbons (Fsp3) is 0.333. The number of anilines is 2. The maximum atomic E-state index is 13.1. The summed E-state index contributed by atoms with van der Waals surface area (Å²) in [5, 5.41) is 5.66. The lowest BCUT2D eigenvalue weighted by Gasteiger charge is -2.34. The molecule has 2 N–H and O–H groups in total. The first-order chi connectivity index (χ1) is 13.0. The van der Waals surface area contributed by atoms with Gasteiger partial charge in [0.1, 0.15) is 5.82 Å². The van der Waals surface area contributed by atoms with Crippen LogP contribution in [0.15, 0.2) is 48.5 Å². The molecular weight excluding hydrogens is 345 g/mol. The fourth-order valence-electron chi connectivity index (χ4n) is 3.37. The van der Waals surface area contributed by atoms with Gasteiger partial charge in [0, 0.05) is 24.8 Å². The first-order valence-corrected chi connectivity index (χ1v) is 9.18. The van der Waals surface area contributed by atoms with Crippen LogP contribution in [0.4, 0.5) is 15.8 Å². The quantitative estimate of drug-likeness (QED) is 0.843. The summed E-state index contributed by atoms with van der Waals surface area (Å²) in [7, 11) is 0. The predicted octanol–water partition coefficient (Wildman–Crippen LogP) is 3.78. The van der Waals surface area contributed by atoms with Crippen LogP contribution in [0.1, 0.15) is 31.7 Å². The molecule has 0 bridgehead atoms. The van der Waals surface area contributed by atoms with E-state index in [1.54, 1.807) is 36.4 Å². The Morgan fingerprint density at radius 3 is 2.26 bits per heavy atom. The molecule has 1 aliphatic rings. The lowest BCUT2D eigenvalue weighted by atomic mass is 10.00. The Morgan fingerprint density at radius 1 is 1.00 bits per heavy atom. The molecule has 6 heteroatoms. The highest BCUT2D eigenvalue weighted by molar-refractivity contribution is 5.95. The molecule has 1 saturated heterocycles. The molecular formula is C21H24FN3O2. The van der Waals surface area contributed by atoms with Crippen LogP contribution in [-0.4, -0.2) is 29.3 Å². The lowest BCUT2D eigenvalue weighted by Crippen LogP contribution is -2.46. The van der Waals surface area contributed by atoms with E-state index in [1.807, 2.05) is 0 Å². The summed E-state index contributed by atoms with van der Waals surface area (Å²) in [5.41, 5.74) is 2.38. The van der Waals surface area contributed by atoms with Crippen molar-refractivity contribution in [2.75, 3.05) is 17.2 Å². The van der Waals surface area contributed by atoms with Crippen LogP contribution < -0.4 is 10.6 Å². The van der Waals surface area contributed by atoms with Crippen molar-refractivity contribution in [2.24, 2.45) is 0 Å². The molecule has 0 spiro atoms. The largest absolute Gasteiger partial charge is 0.326 e. The number of piperidine rings is 1.